The van der Waals surface area contributed by atoms with Crippen molar-refractivity contribution >= 4 is 10.0 Å². The topological polar surface area (TPSA) is 55.4 Å². The van der Waals surface area contributed by atoms with Gasteiger partial charge in [-0.05, 0) is 61.8 Å². The lowest BCUT2D eigenvalue weighted by atomic mass is 9.50. The molecule has 0 radical (unpaired) electrons. The van der Waals surface area contributed by atoms with Gasteiger partial charge in [0.2, 0.25) is 10.0 Å². The highest BCUT2D eigenvalue weighted by Crippen LogP contribution is 2.59. The van der Waals surface area contributed by atoms with Crippen LogP contribution in [-0.2, 0) is 20.5 Å². The number of methoxy groups -OCH3 is 1. The van der Waals surface area contributed by atoms with E-state index in [0.29, 0.717) is 18.4 Å². The highest BCUT2D eigenvalue weighted by atomic mass is 32.2. The highest BCUT2D eigenvalue weighted by molar-refractivity contribution is 7.88. The minimum Gasteiger partial charge on any atom is -0.376 e. The Morgan fingerprint density at radius 1 is 1.12 bits per heavy atom. The van der Waals surface area contributed by atoms with E-state index in [9.17, 15) is 12.8 Å². The molecule has 4 aliphatic carbocycles. The molecule has 0 aromatic heterocycles. The maximum atomic E-state index is 13.8. The fourth-order valence-corrected chi connectivity index (χ4v) is 6.96. The first-order valence-electron chi connectivity index (χ1n) is 9.18. The van der Waals surface area contributed by atoms with Crippen molar-refractivity contribution in [1.82, 2.24) is 4.72 Å². The van der Waals surface area contributed by atoms with Crippen LogP contribution in [0.1, 0.15) is 37.7 Å². The van der Waals surface area contributed by atoms with Crippen LogP contribution in [0.5, 0.6) is 0 Å². The predicted molar refractivity (Wildman–Crippen MR) is 93.8 cm³/mol. The fourth-order valence-electron chi connectivity index (χ4n) is 5.77. The van der Waals surface area contributed by atoms with E-state index in [1.165, 1.54) is 18.6 Å². The second kappa shape index (κ2) is 6.32. The van der Waals surface area contributed by atoms with Crippen LogP contribution >= 0.6 is 0 Å². The molecule has 4 bridgehead atoms. The molecule has 0 atom stereocenters. The molecule has 4 saturated carbocycles. The monoisotopic (exact) mass is 367 g/mol. The lowest BCUT2D eigenvalue weighted by molar-refractivity contribution is -0.185. The summed E-state index contributed by atoms with van der Waals surface area (Å²) in [5.74, 6) is 1.64. The Bertz CT molecular complexity index is 721. The van der Waals surface area contributed by atoms with Crippen molar-refractivity contribution in [3.63, 3.8) is 0 Å². The second-order valence-electron chi connectivity index (χ2n) is 8.14. The zero-order valence-electron chi connectivity index (χ0n) is 14.6. The van der Waals surface area contributed by atoms with Crippen molar-refractivity contribution in [1.29, 1.82) is 0 Å². The molecule has 4 nitrogen and oxygen atoms in total. The lowest BCUT2D eigenvalue weighted by Gasteiger charge is -2.60. The highest BCUT2D eigenvalue weighted by Gasteiger charge is 2.57. The summed E-state index contributed by atoms with van der Waals surface area (Å²) in [6.07, 6.45) is 5.93. The maximum absolute atomic E-state index is 13.8. The third kappa shape index (κ3) is 3.13. The number of hydrogen-bond acceptors (Lipinski definition) is 3. The van der Waals surface area contributed by atoms with E-state index < -0.39 is 21.4 Å². The Hall–Kier alpha value is -0.980. The lowest BCUT2D eigenvalue weighted by Crippen LogP contribution is -2.63. The molecule has 0 unspecified atom stereocenters. The van der Waals surface area contributed by atoms with E-state index in [4.69, 9.17) is 4.74 Å². The Balaban J connectivity index is 1.48. The minimum absolute atomic E-state index is 0.201. The van der Waals surface area contributed by atoms with Crippen LogP contribution < -0.4 is 4.72 Å². The van der Waals surface area contributed by atoms with Gasteiger partial charge < -0.3 is 4.74 Å². The first kappa shape index (κ1) is 17.4. The first-order chi connectivity index (χ1) is 11.9. The molecule has 0 amide bonds. The van der Waals surface area contributed by atoms with E-state index in [1.807, 2.05) is 0 Å². The van der Waals surface area contributed by atoms with E-state index in [1.54, 1.807) is 19.2 Å². The Kier molecular flexibility index (Phi) is 4.41. The summed E-state index contributed by atoms with van der Waals surface area (Å²) in [4.78, 5) is 0. The van der Waals surface area contributed by atoms with Gasteiger partial charge in [-0.2, -0.15) is 0 Å². The van der Waals surface area contributed by atoms with Crippen molar-refractivity contribution in [2.45, 2.75) is 43.5 Å². The molecule has 4 fully saturated rings. The number of rotatable bonds is 6. The Labute approximate surface area is 149 Å². The largest absolute Gasteiger partial charge is 0.376 e. The molecule has 25 heavy (non-hydrogen) atoms. The van der Waals surface area contributed by atoms with Gasteiger partial charge in [0.15, 0.2) is 0 Å². The van der Waals surface area contributed by atoms with Crippen molar-refractivity contribution in [3.05, 3.63) is 35.6 Å². The summed E-state index contributed by atoms with van der Waals surface area (Å²) in [6.45, 7) is 0.301. The van der Waals surface area contributed by atoms with Crippen LogP contribution in [0.15, 0.2) is 24.3 Å². The smallest absolute Gasteiger partial charge is 0.215 e. The molecule has 0 aliphatic heterocycles. The SMILES string of the molecule is COC1(CNS(=O)(=O)Cc2ccccc2F)C2CC3CC(C2)CC1C3. The Morgan fingerprint density at radius 2 is 1.72 bits per heavy atom. The fraction of sp³-hybridized carbons (Fsp3) is 0.684. The number of nitrogens with one attached hydrogen (secondary N) is 1. The molecule has 1 N–H and O–H groups in total. The molecular formula is C19H26FNO3S. The average Bonchev–Trinajstić information content (AvgIpc) is 2.56. The third-order valence-electron chi connectivity index (χ3n) is 6.77. The number of benzene rings is 1. The van der Waals surface area contributed by atoms with Crippen LogP contribution in [-0.4, -0.2) is 27.7 Å². The molecule has 1 aromatic carbocycles. The molecule has 6 heteroatoms. The van der Waals surface area contributed by atoms with Crippen LogP contribution in [0.2, 0.25) is 0 Å². The summed E-state index contributed by atoms with van der Waals surface area (Å²) in [7, 11) is -1.89. The summed E-state index contributed by atoms with van der Waals surface area (Å²) >= 11 is 0. The van der Waals surface area contributed by atoms with Crippen LogP contribution in [0.25, 0.3) is 0 Å². The number of halogens is 1. The van der Waals surface area contributed by atoms with Gasteiger partial charge in [0.05, 0.1) is 11.4 Å². The van der Waals surface area contributed by atoms with Gasteiger partial charge in [0, 0.05) is 19.2 Å². The van der Waals surface area contributed by atoms with Crippen molar-refractivity contribution in [3.8, 4) is 0 Å². The van der Waals surface area contributed by atoms with Gasteiger partial charge >= 0.3 is 0 Å². The maximum Gasteiger partial charge on any atom is 0.215 e. The second-order valence-corrected chi connectivity index (χ2v) is 9.94. The quantitative estimate of drug-likeness (QED) is 0.841. The summed E-state index contributed by atoms with van der Waals surface area (Å²) < 4.78 is 47.5. The molecule has 0 saturated heterocycles. The van der Waals surface area contributed by atoms with Crippen LogP contribution in [0, 0.1) is 29.5 Å². The van der Waals surface area contributed by atoms with Gasteiger partial charge in [-0.3, -0.25) is 0 Å². The van der Waals surface area contributed by atoms with Crippen molar-refractivity contribution in [2.75, 3.05) is 13.7 Å². The molecule has 0 heterocycles. The van der Waals surface area contributed by atoms with Gasteiger partial charge in [-0.1, -0.05) is 18.2 Å². The molecule has 138 valence electrons. The standard InChI is InChI=1S/C19H26FNO3S/c1-24-19(16-7-13-6-14(9-16)10-17(19)8-13)12-21-25(22,23)11-15-4-2-3-5-18(15)20/h2-5,13-14,16-17,21H,6-12H2,1H3. The van der Waals surface area contributed by atoms with E-state index in [0.717, 1.165) is 37.5 Å². The first-order valence-corrected chi connectivity index (χ1v) is 10.8. The third-order valence-corrected chi connectivity index (χ3v) is 8.05. The van der Waals surface area contributed by atoms with Gasteiger partial charge in [0.25, 0.3) is 0 Å². The van der Waals surface area contributed by atoms with Crippen molar-refractivity contribution in [2.24, 2.45) is 23.7 Å². The summed E-state index contributed by atoms with van der Waals surface area (Å²) in [6, 6.07) is 6.03. The number of hydrogen-bond donors (Lipinski definition) is 1. The summed E-state index contributed by atoms with van der Waals surface area (Å²) in [5, 5.41) is 0. The number of ether oxygens (including phenoxy) is 1. The zero-order valence-corrected chi connectivity index (χ0v) is 15.4. The van der Waals surface area contributed by atoms with E-state index >= 15 is 0 Å². The molecule has 5 rings (SSSR count). The van der Waals surface area contributed by atoms with Gasteiger partial charge in [-0.25, -0.2) is 17.5 Å². The van der Waals surface area contributed by atoms with E-state index in [2.05, 4.69) is 4.72 Å². The minimum atomic E-state index is -3.61. The molecule has 4 aliphatic rings. The van der Waals surface area contributed by atoms with Crippen molar-refractivity contribution < 1.29 is 17.5 Å². The van der Waals surface area contributed by atoms with Crippen LogP contribution in [0.3, 0.4) is 0 Å². The Morgan fingerprint density at radius 3 is 2.28 bits per heavy atom. The number of sulfonamides is 1. The van der Waals surface area contributed by atoms with Gasteiger partial charge in [0.1, 0.15) is 5.82 Å². The molecule has 0 spiro atoms. The normalized spacial score (nSPS) is 36.7. The average molecular weight is 367 g/mol. The predicted octanol–water partition coefficient (Wildman–Crippen LogP) is 3.09. The van der Waals surface area contributed by atoms with Gasteiger partial charge in [-0.15, -0.1) is 0 Å². The zero-order chi connectivity index (χ0) is 17.7. The molecule has 1 aromatic rings. The van der Waals surface area contributed by atoms with Crippen LogP contribution in [0.4, 0.5) is 4.39 Å². The summed E-state index contributed by atoms with van der Waals surface area (Å²) in [5.41, 5.74) is -0.193. The molecular weight excluding hydrogens is 341 g/mol. The van der Waals surface area contributed by atoms with E-state index in [-0.39, 0.29) is 11.3 Å².